The van der Waals surface area contributed by atoms with Crippen LogP contribution in [0.15, 0.2) is 77.3 Å². The number of ether oxygens (including phenoxy) is 1. The summed E-state index contributed by atoms with van der Waals surface area (Å²) in [5.74, 6) is 0.765. The van der Waals surface area contributed by atoms with Crippen molar-refractivity contribution in [1.29, 1.82) is 0 Å². The van der Waals surface area contributed by atoms with Crippen molar-refractivity contribution < 1.29 is 27.8 Å². The van der Waals surface area contributed by atoms with E-state index < -0.39 is 23.9 Å². The number of rotatable bonds is 7. The maximum Gasteiger partial charge on any atom is 0.417 e. The lowest BCUT2D eigenvalue weighted by molar-refractivity contribution is -0.138. The topological polar surface area (TPSA) is 53.0 Å². The molecule has 3 fully saturated rings. The van der Waals surface area contributed by atoms with E-state index in [2.05, 4.69) is 20.8 Å². The molecule has 0 aromatic heterocycles. The summed E-state index contributed by atoms with van der Waals surface area (Å²) in [6, 6.07) is 20.1. The number of piperidine rings is 3. The predicted molar refractivity (Wildman–Crippen MR) is 141 cm³/mol. The van der Waals surface area contributed by atoms with Gasteiger partial charge in [-0.3, -0.25) is 4.90 Å². The first-order valence-corrected chi connectivity index (χ1v) is 13.4. The van der Waals surface area contributed by atoms with E-state index in [9.17, 15) is 23.1 Å². The van der Waals surface area contributed by atoms with E-state index in [1.165, 1.54) is 6.07 Å². The number of carboxylic acid groups (broad SMARTS) is 1. The van der Waals surface area contributed by atoms with E-state index in [0.29, 0.717) is 23.8 Å². The third-order valence-electron chi connectivity index (χ3n) is 7.51. The summed E-state index contributed by atoms with van der Waals surface area (Å²) in [6.45, 7) is 2.65. The van der Waals surface area contributed by atoms with Gasteiger partial charge in [0, 0.05) is 11.0 Å². The van der Waals surface area contributed by atoms with Crippen LogP contribution in [0.4, 0.5) is 18.0 Å². The zero-order valence-electron chi connectivity index (χ0n) is 20.6. The van der Waals surface area contributed by atoms with Crippen molar-refractivity contribution in [2.24, 2.45) is 5.92 Å². The van der Waals surface area contributed by atoms with E-state index in [1.54, 1.807) is 29.2 Å². The minimum Gasteiger partial charge on any atom is -0.489 e. The number of nitrogens with zero attached hydrogens (tertiary/aromatic N) is 2. The molecule has 1 amide bonds. The van der Waals surface area contributed by atoms with Crippen LogP contribution in [0, 0.1) is 5.92 Å². The predicted octanol–water partition coefficient (Wildman–Crippen LogP) is 7.21. The van der Waals surface area contributed by atoms with E-state index in [1.807, 2.05) is 36.4 Å². The molecule has 0 saturated carbocycles. The third kappa shape index (κ3) is 5.68. The largest absolute Gasteiger partial charge is 0.489 e. The van der Waals surface area contributed by atoms with Crippen molar-refractivity contribution in [2.45, 2.75) is 37.7 Å². The fraction of sp³-hybridized carbons (Fsp3) is 0.345. The Balaban J connectivity index is 1.45. The fourth-order valence-electron chi connectivity index (χ4n) is 5.66. The fourth-order valence-corrected chi connectivity index (χ4v) is 6.13. The number of alkyl halides is 3. The second kappa shape index (κ2) is 11.0. The molecule has 0 spiro atoms. The van der Waals surface area contributed by atoms with Crippen molar-refractivity contribution in [1.82, 2.24) is 9.80 Å². The van der Waals surface area contributed by atoms with Gasteiger partial charge >= 0.3 is 12.3 Å². The van der Waals surface area contributed by atoms with Gasteiger partial charge in [-0.2, -0.15) is 13.2 Å². The minimum atomic E-state index is -4.48. The molecule has 3 aromatic rings. The summed E-state index contributed by atoms with van der Waals surface area (Å²) in [4.78, 5) is 16.7. The number of amides is 1. The summed E-state index contributed by atoms with van der Waals surface area (Å²) in [6.07, 6.45) is -3.50. The second-order valence-electron chi connectivity index (χ2n) is 9.88. The van der Waals surface area contributed by atoms with Gasteiger partial charge in [0.15, 0.2) is 0 Å². The van der Waals surface area contributed by atoms with Crippen LogP contribution in [0.3, 0.4) is 0 Å². The van der Waals surface area contributed by atoms with E-state index in [4.69, 9.17) is 4.74 Å². The lowest BCUT2D eigenvalue weighted by atomic mass is 9.81. The Labute approximate surface area is 228 Å². The molecule has 9 heteroatoms. The molecule has 3 aromatic carbocycles. The van der Waals surface area contributed by atoms with E-state index in [-0.39, 0.29) is 17.1 Å². The molecule has 38 heavy (non-hydrogen) atoms. The monoisotopic (exact) mass is 588 g/mol. The molecule has 3 aliphatic rings. The SMILES string of the molecule is O=C(O)N([C@@H](c1ccccc1)c1cccc(OCc2ccc(Br)c(C(F)(F)F)c2)c1)[C@H]1CN2CCC1CC2. The Morgan fingerprint density at radius 1 is 1.03 bits per heavy atom. The molecule has 3 aliphatic heterocycles. The molecule has 0 aliphatic carbocycles. The molecule has 3 saturated heterocycles. The van der Waals surface area contributed by atoms with Gasteiger partial charge in [0.05, 0.1) is 17.6 Å². The number of benzene rings is 3. The van der Waals surface area contributed by atoms with Crippen LogP contribution in [0.1, 0.15) is 41.1 Å². The molecule has 5 nitrogen and oxygen atoms in total. The van der Waals surface area contributed by atoms with E-state index in [0.717, 1.165) is 43.1 Å². The number of hydrogen-bond donors (Lipinski definition) is 1. The van der Waals surface area contributed by atoms with Gasteiger partial charge < -0.3 is 14.7 Å². The van der Waals surface area contributed by atoms with Gasteiger partial charge in [-0.25, -0.2) is 4.79 Å². The highest BCUT2D eigenvalue weighted by atomic mass is 79.9. The highest BCUT2D eigenvalue weighted by Gasteiger charge is 2.43. The molecule has 2 atom stereocenters. The van der Waals surface area contributed by atoms with Crippen LogP contribution in [-0.4, -0.2) is 46.7 Å². The quantitative estimate of drug-likeness (QED) is 0.317. The van der Waals surface area contributed by atoms with Crippen LogP contribution in [-0.2, 0) is 12.8 Å². The Kier molecular flexibility index (Phi) is 7.68. The Morgan fingerprint density at radius 2 is 1.74 bits per heavy atom. The van der Waals surface area contributed by atoms with Crippen molar-refractivity contribution in [3.63, 3.8) is 0 Å². The molecule has 200 valence electrons. The van der Waals surface area contributed by atoms with Crippen LogP contribution >= 0.6 is 15.9 Å². The first-order chi connectivity index (χ1) is 18.2. The summed E-state index contributed by atoms with van der Waals surface area (Å²) in [7, 11) is 0. The Bertz CT molecular complexity index is 1280. The molecule has 0 unspecified atom stereocenters. The number of fused-ring (bicyclic) bond motifs is 3. The standard InChI is InChI=1S/C29H28BrF3N2O3/c30-25-10-9-19(15-24(25)29(31,32)33)18-38-23-8-4-7-22(16-23)27(21-5-2-1-3-6-21)35(28(36)37)26-17-34-13-11-20(26)12-14-34/h1-10,15-16,20,26-27H,11-14,17-18H2,(H,36,37)/t26-,27-/m0/s1. The molecular formula is C29H28BrF3N2O3. The zero-order chi connectivity index (χ0) is 26.9. The van der Waals surface area contributed by atoms with Crippen LogP contribution in [0.5, 0.6) is 5.75 Å². The molecule has 1 N–H and O–H groups in total. The summed E-state index contributed by atoms with van der Waals surface area (Å²) >= 11 is 2.96. The lowest BCUT2D eigenvalue weighted by Gasteiger charge is -2.50. The highest BCUT2D eigenvalue weighted by Crippen LogP contribution is 2.39. The van der Waals surface area contributed by atoms with Gasteiger partial charge in [0.1, 0.15) is 12.4 Å². The zero-order valence-corrected chi connectivity index (χ0v) is 22.2. The van der Waals surface area contributed by atoms with Crippen molar-refractivity contribution in [3.8, 4) is 5.75 Å². The van der Waals surface area contributed by atoms with Crippen molar-refractivity contribution >= 4 is 22.0 Å². The smallest absolute Gasteiger partial charge is 0.417 e. The van der Waals surface area contributed by atoms with Gasteiger partial charge in [-0.15, -0.1) is 0 Å². The second-order valence-corrected chi connectivity index (χ2v) is 10.7. The molecule has 0 radical (unpaired) electrons. The number of carbonyl (C=O) groups is 1. The maximum absolute atomic E-state index is 13.3. The van der Waals surface area contributed by atoms with Crippen LogP contribution in [0.25, 0.3) is 0 Å². The summed E-state index contributed by atoms with van der Waals surface area (Å²) < 4.78 is 45.8. The normalized spacial score (nSPS) is 21.6. The number of hydrogen-bond acceptors (Lipinski definition) is 3. The first-order valence-electron chi connectivity index (χ1n) is 12.6. The summed E-state index contributed by atoms with van der Waals surface area (Å²) in [5, 5.41) is 10.5. The molecular weight excluding hydrogens is 561 g/mol. The molecule has 2 bridgehead atoms. The average molecular weight is 589 g/mol. The third-order valence-corrected chi connectivity index (χ3v) is 8.20. The maximum atomic E-state index is 13.3. The molecule has 3 heterocycles. The van der Waals surface area contributed by atoms with Crippen molar-refractivity contribution in [2.75, 3.05) is 19.6 Å². The highest BCUT2D eigenvalue weighted by molar-refractivity contribution is 9.10. The van der Waals surface area contributed by atoms with Gasteiger partial charge in [-0.1, -0.05) is 64.5 Å². The molecule has 6 rings (SSSR count). The van der Waals surface area contributed by atoms with Gasteiger partial charge in [0.25, 0.3) is 0 Å². The van der Waals surface area contributed by atoms with Crippen LogP contribution < -0.4 is 4.74 Å². The van der Waals surface area contributed by atoms with Crippen molar-refractivity contribution in [3.05, 3.63) is 99.5 Å². The average Bonchev–Trinajstić information content (AvgIpc) is 2.91. The Hall–Kier alpha value is -3.04. The minimum absolute atomic E-state index is 0.0250. The van der Waals surface area contributed by atoms with Gasteiger partial charge in [0.2, 0.25) is 0 Å². The summed E-state index contributed by atoms with van der Waals surface area (Å²) in [5.41, 5.74) is 1.22. The first kappa shape index (κ1) is 26.6. The van der Waals surface area contributed by atoms with Gasteiger partial charge in [-0.05, 0) is 72.8 Å². The lowest BCUT2D eigenvalue weighted by Crippen LogP contribution is -2.59. The Morgan fingerprint density at radius 3 is 2.37 bits per heavy atom. The number of halogens is 4. The van der Waals surface area contributed by atoms with Crippen LogP contribution in [0.2, 0.25) is 0 Å². The van der Waals surface area contributed by atoms with E-state index >= 15 is 0 Å².